The van der Waals surface area contributed by atoms with Crippen LogP contribution in [0.5, 0.6) is 0 Å². The molecule has 11 nitrogen and oxygen atoms in total. The number of nitrogens with zero attached hydrogens (tertiary/aromatic N) is 1. The minimum absolute atomic E-state index is 0.0381. The van der Waals surface area contributed by atoms with Gasteiger partial charge >= 0.3 is 14.2 Å². The van der Waals surface area contributed by atoms with Crippen molar-refractivity contribution >= 4 is 42.7 Å². The smallest absolute Gasteiger partial charge is 0.423 e. The molecule has 2 unspecified atom stereocenters. The quantitative estimate of drug-likeness (QED) is 0.182. The Balaban J connectivity index is 0.000000228. The summed E-state index contributed by atoms with van der Waals surface area (Å²) in [6.45, 7) is 8.93. The number of carbonyl (C=O) groups is 2. The highest BCUT2D eigenvalue weighted by molar-refractivity contribution is 6.62. The Hall–Kier alpha value is -3.25. The lowest BCUT2D eigenvalue weighted by molar-refractivity contribution is -0.384. The van der Waals surface area contributed by atoms with Crippen molar-refractivity contribution in [1.82, 2.24) is 10.6 Å². The Morgan fingerprint density at radius 3 is 1.85 bits per heavy atom. The monoisotopic (exact) mass is 567 g/mol. The van der Waals surface area contributed by atoms with E-state index >= 15 is 0 Å². The van der Waals surface area contributed by atoms with Gasteiger partial charge in [0.25, 0.3) is 5.69 Å². The number of fused-ring (bicyclic) bond motifs is 2. The average molecular weight is 567 g/mol. The average Bonchev–Trinajstić information content (AvgIpc) is 3.44. The zero-order valence-corrected chi connectivity index (χ0v) is 24.0. The number of hydrogen-bond acceptors (Lipinski definition) is 8. The molecule has 0 saturated carbocycles. The topological polar surface area (TPSA) is 160 Å². The Kier molecular flexibility index (Phi) is 11.9. The molecule has 4 N–H and O–H groups in total. The lowest BCUT2D eigenvalue weighted by Gasteiger charge is -2.14. The van der Waals surface area contributed by atoms with Gasteiger partial charge in [-0.25, -0.2) is 0 Å². The second kappa shape index (κ2) is 15.1. The number of non-ortho nitro benzene ring substituents is 1. The molecule has 2 amide bonds. The zero-order valence-electron chi connectivity index (χ0n) is 24.0. The molecule has 41 heavy (non-hydrogen) atoms. The van der Waals surface area contributed by atoms with Crippen molar-refractivity contribution in [3.8, 4) is 0 Å². The number of carbonyl (C=O) groups excluding carboxylic acids is 2. The Morgan fingerprint density at radius 1 is 0.854 bits per heavy atom. The van der Waals surface area contributed by atoms with E-state index in [4.69, 9.17) is 9.31 Å². The van der Waals surface area contributed by atoms with E-state index in [2.05, 4.69) is 24.5 Å². The summed E-state index contributed by atoms with van der Waals surface area (Å²) >= 11 is 0. The summed E-state index contributed by atoms with van der Waals surface area (Å²) in [5.74, 6) is 0.950. The third-order valence-electron chi connectivity index (χ3n) is 6.96. The maximum Gasteiger partial charge on any atom is 0.492 e. The number of rotatable bonds is 11. The minimum atomic E-state index is -1.20. The van der Waals surface area contributed by atoms with E-state index in [0.29, 0.717) is 42.2 Å². The Bertz CT molecular complexity index is 1210. The van der Waals surface area contributed by atoms with Crippen molar-refractivity contribution in [1.29, 1.82) is 0 Å². The van der Waals surface area contributed by atoms with E-state index in [-0.39, 0.29) is 30.2 Å². The predicted molar refractivity (Wildman–Crippen MR) is 157 cm³/mol. The highest BCUT2D eigenvalue weighted by atomic mass is 16.6. The molecule has 0 saturated heterocycles. The predicted octanol–water partition coefficient (Wildman–Crippen LogP) is 1.90. The molecule has 2 heterocycles. The van der Waals surface area contributed by atoms with Crippen LogP contribution in [0.3, 0.4) is 0 Å². The van der Waals surface area contributed by atoms with Crippen LogP contribution in [0.25, 0.3) is 0 Å². The molecule has 0 spiro atoms. The number of benzene rings is 2. The number of nitro groups is 1. The fraction of sp³-hybridized carbons (Fsp3) is 0.500. The molecule has 2 aliphatic rings. The number of amides is 2. The lowest BCUT2D eigenvalue weighted by atomic mass is 9.79. The van der Waals surface area contributed by atoms with Crippen LogP contribution in [0.1, 0.15) is 76.7 Å². The molecule has 2 atom stereocenters. The van der Waals surface area contributed by atoms with Gasteiger partial charge in [-0.2, -0.15) is 0 Å². The van der Waals surface area contributed by atoms with Crippen LogP contribution in [-0.2, 0) is 18.9 Å². The minimum Gasteiger partial charge on any atom is -0.423 e. The molecule has 2 aliphatic heterocycles. The Labute approximate surface area is 241 Å². The first kappa shape index (κ1) is 32.3. The molecule has 0 aliphatic carbocycles. The lowest BCUT2D eigenvalue weighted by Crippen LogP contribution is -2.30. The van der Waals surface area contributed by atoms with Gasteiger partial charge in [-0.3, -0.25) is 19.7 Å². The number of nitro benzene ring substituents is 1. The van der Waals surface area contributed by atoms with Crippen LogP contribution in [0.4, 0.5) is 5.69 Å². The summed E-state index contributed by atoms with van der Waals surface area (Å²) in [7, 11) is -2.08. The molecule has 4 rings (SSSR count). The van der Waals surface area contributed by atoms with Crippen molar-refractivity contribution in [2.75, 3.05) is 13.1 Å². The summed E-state index contributed by atoms with van der Waals surface area (Å²) < 4.78 is 10.8. The van der Waals surface area contributed by atoms with Crippen molar-refractivity contribution in [3.05, 3.63) is 63.7 Å². The van der Waals surface area contributed by atoms with Gasteiger partial charge in [-0.15, -0.1) is 0 Å². The molecule has 220 valence electrons. The number of nitrogens with one attached hydrogen (secondary N) is 2. The zero-order chi connectivity index (χ0) is 30.1. The summed E-state index contributed by atoms with van der Waals surface area (Å²) in [5.41, 5.74) is 2.71. The second-order valence-electron chi connectivity index (χ2n) is 11.1. The van der Waals surface area contributed by atoms with Gasteiger partial charge in [0.2, 0.25) is 11.8 Å². The van der Waals surface area contributed by atoms with Gasteiger partial charge in [0.15, 0.2) is 0 Å². The van der Waals surface area contributed by atoms with Crippen molar-refractivity contribution < 1.29 is 33.9 Å². The van der Waals surface area contributed by atoms with Crippen molar-refractivity contribution in [2.24, 2.45) is 11.8 Å². The fourth-order valence-corrected chi connectivity index (χ4v) is 4.56. The summed E-state index contributed by atoms with van der Waals surface area (Å²) in [6, 6.07) is 11.8. The maximum absolute atomic E-state index is 11.7. The molecular weight excluding hydrogens is 528 g/mol. The third kappa shape index (κ3) is 9.39. The molecule has 0 radical (unpaired) electrons. The van der Waals surface area contributed by atoms with Crippen LogP contribution in [0.15, 0.2) is 42.5 Å². The molecule has 0 aromatic heterocycles. The van der Waals surface area contributed by atoms with E-state index in [9.17, 15) is 29.8 Å². The van der Waals surface area contributed by atoms with Gasteiger partial charge in [0.05, 0.1) is 17.1 Å². The van der Waals surface area contributed by atoms with E-state index in [1.54, 1.807) is 6.07 Å². The van der Waals surface area contributed by atoms with Gasteiger partial charge < -0.3 is 30.0 Å². The molecular formula is C28H39B2N3O8. The fourth-order valence-electron chi connectivity index (χ4n) is 4.56. The first-order chi connectivity index (χ1) is 19.5. The standard InChI is InChI=1S/C14H19BN2O5.C14H20BNO3/c1-9(2)3-6-14(18)16-8-13-11-5-4-10(17(20)21)7-12(11)15(19)22-13;1-10(2)7-8-14(17)16-9-13-11-5-3-4-6-12(11)15(18)19-13/h4-5,7,9,13,19H,3,6,8H2,1-2H3,(H,16,18);3-6,10,13,18H,7-9H2,1-2H3,(H,16,17). The van der Waals surface area contributed by atoms with Gasteiger partial charge in [-0.05, 0) is 52.8 Å². The van der Waals surface area contributed by atoms with Crippen molar-refractivity contribution in [3.63, 3.8) is 0 Å². The molecule has 13 heteroatoms. The second-order valence-corrected chi connectivity index (χ2v) is 11.1. The maximum atomic E-state index is 11.7. The highest BCUT2D eigenvalue weighted by Gasteiger charge is 2.36. The molecule has 0 fully saturated rings. The van der Waals surface area contributed by atoms with E-state index < -0.39 is 25.3 Å². The van der Waals surface area contributed by atoms with Crippen LogP contribution >= 0.6 is 0 Å². The SMILES string of the molecule is CC(C)CCC(=O)NCC1OB(O)c2cc([N+](=O)[O-])ccc21.CC(C)CCC(=O)NCC1OB(O)c2ccccc21. The largest absolute Gasteiger partial charge is 0.492 e. The van der Waals surface area contributed by atoms with Gasteiger partial charge in [-0.1, -0.05) is 52.0 Å². The van der Waals surface area contributed by atoms with Crippen LogP contribution in [0.2, 0.25) is 0 Å². The first-order valence-electron chi connectivity index (χ1n) is 14.0. The molecule has 2 aromatic rings. The summed E-state index contributed by atoms with van der Waals surface area (Å²) in [5, 5.41) is 36.0. The van der Waals surface area contributed by atoms with E-state index in [1.807, 2.05) is 38.1 Å². The first-order valence-corrected chi connectivity index (χ1v) is 14.0. The highest BCUT2D eigenvalue weighted by Crippen LogP contribution is 2.25. The van der Waals surface area contributed by atoms with Crippen LogP contribution < -0.4 is 21.6 Å². The van der Waals surface area contributed by atoms with E-state index in [1.165, 1.54) is 12.1 Å². The normalized spacial score (nSPS) is 17.2. The summed E-state index contributed by atoms with van der Waals surface area (Å²) in [4.78, 5) is 33.6. The van der Waals surface area contributed by atoms with Crippen LogP contribution in [-0.4, -0.2) is 54.1 Å². The molecule has 0 bridgehead atoms. The van der Waals surface area contributed by atoms with Gasteiger partial charge in [0.1, 0.15) is 0 Å². The molecule has 2 aromatic carbocycles. The Morgan fingerprint density at radius 2 is 1.34 bits per heavy atom. The van der Waals surface area contributed by atoms with Crippen molar-refractivity contribution in [2.45, 2.75) is 65.6 Å². The van der Waals surface area contributed by atoms with E-state index in [0.717, 1.165) is 23.9 Å². The summed E-state index contributed by atoms with van der Waals surface area (Å²) in [6.07, 6.45) is 1.93. The number of hydrogen-bond donors (Lipinski definition) is 4. The van der Waals surface area contributed by atoms with Crippen LogP contribution in [0, 0.1) is 22.0 Å². The van der Waals surface area contributed by atoms with Gasteiger partial charge in [0, 0.05) is 38.1 Å². The third-order valence-corrected chi connectivity index (χ3v) is 6.96.